The predicted octanol–water partition coefficient (Wildman–Crippen LogP) is 1.57. The van der Waals surface area contributed by atoms with Crippen LogP contribution in [0.2, 0.25) is 0 Å². The van der Waals surface area contributed by atoms with Crippen molar-refractivity contribution in [2.24, 2.45) is 0 Å². The van der Waals surface area contributed by atoms with Crippen molar-refractivity contribution in [3.63, 3.8) is 0 Å². The summed E-state index contributed by atoms with van der Waals surface area (Å²) in [6.07, 6.45) is 3.92. The minimum absolute atomic E-state index is 0.00761. The van der Waals surface area contributed by atoms with Gasteiger partial charge < -0.3 is 0 Å². The van der Waals surface area contributed by atoms with Crippen molar-refractivity contribution in [2.45, 2.75) is 32.6 Å². The molecule has 0 N–H and O–H groups in total. The topological polar surface area (TPSA) is 26.3 Å². The molecule has 9 heavy (non-hydrogen) atoms. The van der Waals surface area contributed by atoms with Crippen LogP contribution < -0.4 is 0 Å². The van der Waals surface area contributed by atoms with Gasteiger partial charge in [-0.25, -0.2) is 0 Å². The second-order valence-electron chi connectivity index (χ2n) is 1.97. The summed E-state index contributed by atoms with van der Waals surface area (Å²) < 4.78 is 4.65. The molecule has 0 saturated carbocycles. The molecule has 0 radical (unpaired) electrons. The first-order chi connectivity index (χ1) is 4.31. The number of carbonyl (C=O) groups is 1. The van der Waals surface area contributed by atoms with Gasteiger partial charge in [0.1, 0.15) is 0 Å². The Labute approximate surface area is 72.6 Å². The summed E-state index contributed by atoms with van der Waals surface area (Å²) in [6.45, 7) is 2.12. The molecule has 0 aromatic heterocycles. The molecule has 3 heteroatoms. The van der Waals surface area contributed by atoms with Gasteiger partial charge in [-0.3, -0.25) is 0 Å². The van der Waals surface area contributed by atoms with Crippen LogP contribution in [0.5, 0.6) is 0 Å². The molecule has 0 saturated heterocycles. The third-order valence-electron chi connectivity index (χ3n) is 1.15. The van der Waals surface area contributed by atoms with Crippen molar-refractivity contribution in [3.8, 4) is 0 Å². The number of hydrogen-bond donors (Lipinski definition) is 0. The molecule has 0 aliphatic rings. The molecular formula is C6H11HgO2. The summed E-state index contributed by atoms with van der Waals surface area (Å²) in [5.74, 6) is -0.00761. The summed E-state index contributed by atoms with van der Waals surface area (Å²) in [5, 5.41) is 0. The zero-order valence-electron chi connectivity index (χ0n) is 5.85. The molecule has 0 rings (SSSR count). The number of hydrogen-bond acceptors (Lipinski definition) is 2. The molecule has 0 aliphatic carbocycles. The minimum atomic E-state index is -0.00761. The van der Waals surface area contributed by atoms with Gasteiger partial charge in [-0.1, -0.05) is 0 Å². The van der Waals surface area contributed by atoms with Crippen LogP contribution >= 0.6 is 0 Å². The second kappa shape index (κ2) is 6.52. The average molecular weight is 316 g/mol. The predicted molar refractivity (Wildman–Crippen MR) is 30.2 cm³/mol. The Morgan fingerprint density at radius 1 is 1.56 bits per heavy atom. The fraction of sp³-hybridized carbons (Fsp3) is 0.833. The zero-order valence-corrected chi connectivity index (χ0v) is 11.3. The molecule has 2 nitrogen and oxygen atoms in total. The molecular weight excluding hydrogens is 305 g/mol. The van der Waals surface area contributed by atoms with E-state index < -0.39 is 0 Å². The van der Waals surface area contributed by atoms with Gasteiger partial charge in [0.25, 0.3) is 0 Å². The van der Waals surface area contributed by atoms with E-state index in [1.807, 2.05) is 0 Å². The second-order valence-corrected chi connectivity index (χ2v) is 3.10. The summed E-state index contributed by atoms with van der Waals surface area (Å²) in [5.41, 5.74) is 0. The molecule has 0 atom stereocenters. The Kier molecular flexibility index (Phi) is 6.82. The van der Waals surface area contributed by atoms with Gasteiger partial charge in [-0.15, -0.1) is 0 Å². The van der Waals surface area contributed by atoms with Gasteiger partial charge in [0.05, 0.1) is 0 Å². The van der Waals surface area contributed by atoms with Crippen molar-refractivity contribution in [1.82, 2.24) is 0 Å². The van der Waals surface area contributed by atoms with E-state index in [0.717, 1.165) is 12.8 Å². The van der Waals surface area contributed by atoms with E-state index in [9.17, 15) is 4.79 Å². The van der Waals surface area contributed by atoms with Crippen LogP contribution in [0, 0.1) is 0 Å². The molecule has 0 aromatic carbocycles. The molecule has 0 fully saturated rings. The SMILES string of the molecule is CCCCCC(=O)[O][Hg]. The van der Waals surface area contributed by atoms with Crippen LogP contribution in [-0.4, -0.2) is 5.97 Å². The van der Waals surface area contributed by atoms with Gasteiger partial charge in [0, 0.05) is 0 Å². The summed E-state index contributed by atoms with van der Waals surface area (Å²) >= 11 is 0.188. The van der Waals surface area contributed by atoms with Crippen molar-refractivity contribution >= 4 is 5.97 Å². The third-order valence-corrected chi connectivity index (χ3v) is 2.40. The van der Waals surface area contributed by atoms with Crippen LogP contribution in [0.4, 0.5) is 0 Å². The molecule has 0 bridgehead atoms. The van der Waals surface area contributed by atoms with E-state index >= 15 is 0 Å². The van der Waals surface area contributed by atoms with Crippen molar-refractivity contribution in [3.05, 3.63) is 0 Å². The van der Waals surface area contributed by atoms with Gasteiger partial charge in [0.15, 0.2) is 0 Å². The fourth-order valence-corrected chi connectivity index (χ4v) is 1.15. The quantitative estimate of drug-likeness (QED) is 0.581. The maximum absolute atomic E-state index is 10.5. The summed E-state index contributed by atoms with van der Waals surface area (Å²) in [4.78, 5) is 10.5. The van der Waals surface area contributed by atoms with E-state index in [-0.39, 0.29) is 32.5 Å². The number of carbonyl (C=O) groups excluding carboxylic acids is 1. The molecule has 0 spiro atoms. The molecule has 0 aliphatic heterocycles. The summed E-state index contributed by atoms with van der Waals surface area (Å²) in [6, 6.07) is 0. The van der Waals surface area contributed by atoms with Gasteiger partial charge in [-0.2, -0.15) is 0 Å². The molecule has 49 valence electrons. The molecule has 0 amide bonds. The van der Waals surface area contributed by atoms with Crippen molar-refractivity contribution in [2.75, 3.05) is 0 Å². The van der Waals surface area contributed by atoms with Gasteiger partial charge in [-0.05, 0) is 0 Å². The third kappa shape index (κ3) is 6.29. The van der Waals surface area contributed by atoms with Gasteiger partial charge in [0.2, 0.25) is 0 Å². The maximum atomic E-state index is 10.5. The van der Waals surface area contributed by atoms with Crippen LogP contribution in [0.25, 0.3) is 0 Å². The Hall–Kier alpha value is 0.405. The first kappa shape index (κ1) is 9.41. The average Bonchev–Trinajstić information content (AvgIpc) is 1.89. The first-order valence-corrected chi connectivity index (χ1v) is 5.50. The van der Waals surface area contributed by atoms with E-state index in [1.165, 1.54) is 6.42 Å². The molecule has 0 aromatic rings. The van der Waals surface area contributed by atoms with Crippen molar-refractivity contribution in [1.29, 1.82) is 0 Å². The Bertz CT molecular complexity index is 83.1. The standard InChI is InChI=1S/C6H12O2.Hg/c1-2-3-4-5-6(7)8;/h2-5H2,1H3,(H,7,8);/q;+1/p-1. The zero-order chi connectivity index (χ0) is 7.11. The normalized spacial score (nSPS) is 9.22. The Balaban J connectivity index is 2.97. The van der Waals surface area contributed by atoms with Crippen molar-refractivity contribution < 1.29 is 34.0 Å². The van der Waals surface area contributed by atoms with Crippen LogP contribution in [0.3, 0.4) is 0 Å². The fourth-order valence-electron chi connectivity index (χ4n) is 0.592. The number of unbranched alkanes of at least 4 members (excludes halogenated alkanes) is 2. The van der Waals surface area contributed by atoms with Crippen LogP contribution in [-0.2, 0) is 34.0 Å². The first-order valence-electron chi connectivity index (χ1n) is 3.26. The van der Waals surface area contributed by atoms with Gasteiger partial charge >= 0.3 is 72.6 Å². The van der Waals surface area contributed by atoms with E-state index in [2.05, 4.69) is 9.57 Å². The monoisotopic (exact) mass is 317 g/mol. The molecule has 0 unspecified atom stereocenters. The summed E-state index contributed by atoms with van der Waals surface area (Å²) in [7, 11) is 0. The van der Waals surface area contributed by atoms with Crippen LogP contribution in [0.1, 0.15) is 32.6 Å². The molecule has 0 heterocycles. The number of rotatable bonds is 4. The van der Waals surface area contributed by atoms with E-state index in [1.54, 1.807) is 0 Å². The Morgan fingerprint density at radius 2 is 2.22 bits per heavy atom. The van der Waals surface area contributed by atoms with E-state index in [4.69, 9.17) is 0 Å². The van der Waals surface area contributed by atoms with E-state index in [0.29, 0.717) is 6.42 Å². The Morgan fingerprint density at radius 3 is 2.67 bits per heavy atom. The van der Waals surface area contributed by atoms with Crippen LogP contribution in [0.15, 0.2) is 0 Å².